The second-order valence-electron chi connectivity index (χ2n) is 6.03. The van der Waals surface area contributed by atoms with E-state index in [9.17, 15) is 4.79 Å². The Hall–Kier alpha value is -1.79. The first-order chi connectivity index (χ1) is 11.0. The molecule has 0 unspecified atom stereocenters. The lowest BCUT2D eigenvalue weighted by atomic mass is 10.2. The van der Waals surface area contributed by atoms with E-state index in [2.05, 4.69) is 19.2 Å². The van der Waals surface area contributed by atoms with Crippen molar-refractivity contribution in [1.82, 2.24) is 0 Å². The van der Waals surface area contributed by atoms with E-state index in [0.717, 1.165) is 19.6 Å². The van der Waals surface area contributed by atoms with Crippen molar-refractivity contribution in [3.8, 4) is 11.5 Å². The van der Waals surface area contributed by atoms with Gasteiger partial charge in [0.25, 0.3) is 0 Å². The van der Waals surface area contributed by atoms with Crippen LogP contribution in [-0.2, 0) is 9.53 Å². The summed E-state index contributed by atoms with van der Waals surface area (Å²) in [4.78, 5) is 13.6. The van der Waals surface area contributed by atoms with Gasteiger partial charge in [-0.1, -0.05) is 0 Å². The molecule has 0 aliphatic carbocycles. The van der Waals surface area contributed by atoms with E-state index in [4.69, 9.17) is 14.2 Å². The summed E-state index contributed by atoms with van der Waals surface area (Å²) in [7, 11) is 3.18. The monoisotopic (exact) mass is 323 g/mol. The van der Waals surface area contributed by atoms with Gasteiger partial charge in [-0.25, -0.2) is 0 Å². The summed E-state index contributed by atoms with van der Waals surface area (Å²) < 4.78 is 16.2. The fourth-order valence-electron chi connectivity index (χ4n) is 3.01. The number of hydrogen-bond donors (Lipinski definition) is 2. The van der Waals surface area contributed by atoms with Crippen LogP contribution in [0.2, 0.25) is 0 Å². The first-order valence-corrected chi connectivity index (χ1v) is 8.02. The fraction of sp³-hybridized carbons (Fsp3) is 0.588. The Balaban J connectivity index is 1.89. The Morgan fingerprint density at radius 1 is 1.26 bits per heavy atom. The Labute approximate surface area is 137 Å². The highest BCUT2D eigenvalue weighted by Crippen LogP contribution is 2.28. The number of carbonyl (C=O) groups is 1. The van der Waals surface area contributed by atoms with Crippen LogP contribution in [0.3, 0.4) is 0 Å². The Morgan fingerprint density at radius 3 is 2.57 bits per heavy atom. The van der Waals surface area contributed by atoms with Crippen molar-refractivity contribution >= 4 is 11.6 Å². The normalized spacial score (nSPS) is 24.1. The molecule has 6 nitrogen and oxygen atoms in total. The van der Waals surface area contributed by atoms with E-state index in [-0.39, 0.29) is 18.1 Å². The zero-order valence-corrected chi connectivity index (χ0v) is 14.3. The van der Waals surface area contributed by atoms with Crippen LogP contribution in [0.1, 0.15) is 20.3 Å². The predicted octanol–water partition coefficient (Wildman–Crippen LogP) is 0.725. The van der Waals surface area contributed by atoms with Crippen LogP contribution in [0.4, 0.5) is 5.69 Å². The van der Waals surface area contributed by atoms with E-state index in [1.807, 2.05) is 0 Å². The van der Waals surface area contributed by atoms with Gasteiger partial charge in [-0.2, -0.15) is 0 Å². The first kappa shape index (κ1) is 17.6. The van der Waals surface area contributed by atoms with Gasteiger partial charge in [-0.3, -0.25) is 4.79 Å². The van der Waals surface area contributed by atoms with E-state index in [1.165, 1.54) is 4.90 Å². The minimum atomic E-state index is -0.0177. The summed E-state index contributed by atoms with van der Waals surface area (Å²) in [6, 6.07) is 5.35. The SMILES string of the molecule is COc1ccc(OC)c(NC(=O)CC[NH+]2C[C@@H](C)O[C@H](C)C2)c1. The van der Waals surface area contributed by atoms with Crippen LogP contribution in [0.25, 0.3) is 0 Å². The number of amides is 1. The van der Waals surface area contributed by atoms with Gasteiger partial charge in [-0.15, -0.1) is 0 Å². The summed E-state index contributed by atoms with van der Waals surface area (Å²) in [5.41, 5.74) is 0.635. The van der Waals surface area contributed by atoms with Crippen LogP contribution in [0.15, 0.2) is 18.2 Å². The summed E-state index contributed by atoms with van der Waals surface area (Å²) in [5.74, 6) is 1.29. The van der Waals surface area contributed by atoms with Crippen molar-refractivity contribution in [3.05, 3.63) is 18.2 Å². The first-order valence-electron chi connectivity index (χ1n) is 8.02. The van der Waals surface area contributed by atoms with E-state index in [0.29, 0.717) is 23.6 Å². The summed E-state index contributed by atoms with van der Waals surface area (Å²) in [6.07, 6.45) is 0.959. The maximum Gasteiger partial charge on any atom is 0.230 e. The van der Waals surface area contributed by atoms with E-state index < -0.39 is 0 Å². The molecule has 1 aliphatic rings. The molecule has 6 heteroatoms. The van der Waals surface area contributed by atoms with Crippen LogP contribution in [0, 0.1) is 0 Å². The van der Waals surface area contributed by atoms with Crippen molar-refractivity contribution in [3.63, 3.8) is 0 Å². The number of quaternary nitrogens is 1. The number of hydrogen-bond acceptors (Lipinski definition) is 4. The van der Waals surface area contributed by atoms with Gasteiger partial charge in [0.15, 0.2) is 0 Å². The zero-order valence-electron chi connectivity index (χ0n) is 14.3. The van der Waals surface area contributed by atoms with Gasteiger partial charge in [-0.05, 0) is 26.0 Å². The molecule has 0 saturated carbocycles. The predicted molar refractivity (Wildman–Crippen MR) is 88.4 cm³/mol. The number of carbonyl (C=O) groups excluding carboxylic acids is 1. The molecule has 0 bridgehead atoms. The molecule has 0 radical (unpaired) electrons. The molecule has 1 aliphatic heterocycles. The minimum absolute atomic E-state index is 0.0177. The number of ether oxygens (including phenoxy) is 3. The van der Waals surface area contributed by atoms with Crippen molar-refractivity contribution in [2.24, 2.45) is 0 Å². The average molecular weight is 323 g/mol. The van der Waals surface area contributed by atoms with Crippen LogP contribution in [-0.4, -0.2) is 52.0 Å². The summed E-state index contributed by atoms with van der Waals surface area (Å²) >= 11 is 0. The number of morpholine rings is 1. The molecule has 0 aromatic heterocycles. The molecule has 1 saturated heterocycles. The zero-order chi connectivity index (χ0) is 16.8. The number of nitrogens with one attached hydrogen (secondary N) is 2. The maximum atomic E-state index is 12.2. The molecule has 1 amide bonds. The summed E-state index contributed by atoms with van der Waals surface area (Å²) in [6.45, 7) is 6.85. The highest BCUT2D eigenvalue weighted by Gasteiger charge is 2.25. The topological polar surface area (TPSA) is 61.2 Å². The van der Waals surface area contributed by atoms with Gasteiger partial charge in [0.1, 0.15) is 36.8 Å². The third-order valence-electron chi connectivity index (χ3n) is 4.00. The molecule has 1 heterocycles. The molecular formula is C17H27N2O4+. The molecule has 2 atom stereocenters. The second kappa shape index (κ2) is 8.17. The van der Waals surface area contributed by atoms with E-state index >= 15 is 0 Å². The maximum absolute atomic E-state index is 12.2. The van der Waals surface area contributed by atoms with Crippen molar-refractivity contribution in [2.75, 3.05) is 39.2 Å². The molecule has 23 heavy (non-hydrogen) atoms. The van der Waals surface area contributed by atoms with Crippen molar-refractivity contribution < 1.29 is 23.9 Å². The Morgan fingerprint density at radius 2 is 1.96 bits per heavy atom. The fourth-order valence-corrected chi connectivity index (χ4v) is 3.01. The largest absolute Gasteiger partial charge is 0.497 e. The molecule has 0 spiro atoms. The van der Waals surface area contributed by atoms with Gasteiger partial charge < -0.3 is 24.4 Å². The smallest absolute Gasteiger partial charge is 0.230 e. The Kier molecular flexibility index (Phi) is 6.24. The molecule has 1 fully saturated rings. The third-order valence-corrected chi connectivity index (χ3v) is 4.00. The van der Waals surface area contributed by atoms with Gasteiger partial charge in [0.05, 0.1) is 32.9 Å². The highest BCUT2D eigenvalue weighted by molar-refractivity contribution is 5.92. The summed E-state index contributed by atoms with van der Waals surface area (Å²) in [5, 5.41) is 2.91. The standard InChI is InChI=1S/C17H26N2O4/c1-12-10-19(11-13(2)23-12)8-7-17(20)18-15-9-14(21-3)5-6-16(15)22-4/h5-6,9,12-13H,7-8,10-11H2,1-4H3,(H,18,20)/p+1/t12-,13-/m1/s1. The molecule has 2 rings (SSSR count). The van der Waals surface area contributed by atoms with Gasteiger partial charge >= 0.3 is 0 Å². The minimum Gasteiger partial charge on any atom is -0.497 e. The molecule has 2 N–H and O–H groups in total. The van der Waals surface area contributed by atoms with Crippen LogP contribution in [0.5, 0.6) is 11.5 Å². The number of methoxy groups -OCH3 is 2. The Bertz CT molecular complexity index is 525. The third kappa shape index (κ3) is 5.11. The lowest BCUT2D eigenvalue weighted by Gasteiger charge is -2.32. The van der Waals surface area contributed by atoms with E-state index in [1.54, 1.807) is 32.4 Å². The van der Waals surface area contributed by atoms with Crippen molar-refractivity contribution in [2.45, 2.75) is 32.5 Å². The second-order valence-corrected chi connectivity index (χ2v) is 6.03. The molecule has 128 valence electrons. The van der Waals surface area contributed by atoms with Gasteiger partial charge in [0, 0.05) is 6.07 Å². The van der Waals surface area contributed by atoms with Crippen LogP contribution < -0.4 is 19.7 Å². The highest BCUT2D eigenvalue weighted by atomic mass is 16.5. The van der Waals surface area contributed by atoms with Gasteiger partial charge in [0.2, 0.25) is 5.91 Å². The molecule has 1 aromatic rings. The molecule has 1 aromatic carbocycles. The average Bonchev–Trinajstić information content (AvgIpc) is 2.52. The number of benzene rings is 1. The van der Waals surface area contributed by atoms with Crippen molar-refractivity contribution in [1.29, 1.82) is 0 Å². The van der Waals surface area contributed by atoms with Crippen LogP contribution >= 0.6 is 0 Å². The number of rotatable bonds is 6. The molecular weight excluding hydrogens is 296 g/mol. The lowest BCUT2D eigenvalue weighted by molar-refractivity contribution is -0.914. The lowest BCUT2D eigenvalue weighted by Crippen LogP contribution is -3.15. The number of anilines is 1. The quantitative estimate of drug-likeness (QED) is 0.810.